The molecule has 0 aromatic heterocycles. The molecule has 0 saturated carbocycles. The monoisotopic (exact) mass is 171 g/mol. The highest BCUT2D eigenvalue weighted by atomic mass is 28.2. The molecule has 0 aliphatic rings. The molecule has 1 N–H and O–H groups in total. The van der Waals surface area contributed by atoms with Gasteiger partial charge in [0.15, 0.2) is 0 Å². The highest BCUT2D eigenvalue weighted by Crippen LogP contribution is 2.13. The highest BCUT2D eigenvalue weighted by molar-refractivity contribution is 6.37. The summed E-state index contributed by atoms with van der Waals surface area (Å²) in [6, 6.07) is 0.641. The molecule has 10 heavy (non-hydrogen) atoms. The van der Waals surface area contributed by atoms with Gasteiger partial charge in [0.05, 0.1) is 0 Å². The van der Waals surface area contributed by atoms with Crippen LogP contribution in [0.2, 0.25) is 6.04 Å². The molecule has 0 aliphatic heterocycles. The molecule has 2 nitrogen and oxygen atoms in total. The Labute approximate surface area is 58.7 Å². The van der Waals surface area contributed by atoms with E-state index in [0.717, 1.165) is 0 Å². The van der Waals surface area contributed by atoms with E-state index in [-0.39, 0.29) is 0 Å². The minimum atomic E-state index is -4.71. The van der Waals surface area contributed by atoms with Gasteiger partial charge in [-0.2, -0.15) is 13.2 Å². The van der Waals surface area contributed by atoms with Crippen LogP contribution in [0.15, 0.2) is 0 Å². The summed E-state index contributed by atoms with van der Waals surface area (Å²) < 4.78 is 34.1. The van der Waals surface area contributed by atoms with Crippen molar-refractivity contribution >= 4 is 15.6 Å². The van der Waals surface area contributed by atoms with E-state index in [2.05, 4.69) is 0 Å². The molecule has 0 saturated heterocycles. The Morgan fingerprint density at radius 1 is 1.60 bits per heavy atom. The molecule has 0 aromatic carbocycles. The SMILES string of the molecule is CC[SiH2]NC(=O)C(F)(F)F. The van der Waals surface area contributed by atoms with Crippen LogP contribution in [-0.2, 0) is 4.79 Å². The van der Waals surface area contributed by atoms with Crippen molar-refractivity contribution in [2.75, 3.05) is 0 Å². The van der Waals surface area contributed by atoms with Crippen molar-refractivity contribution in [2.24, 2.45) is 0 Å². The zero-order valence-corrected chi connectivity index (χ0v) is 6.87. The zero-order chi connectivity index (χ0) is 8.20. The van der Waals surface area contributed by atoms with Gasteiger partial charge < -0.3 is 4.98 Å². The van der Waals surface area contributed by atoms with E-state index in [0.29, 0.717) is 6.04 Å². The van der Waals surface area contributed by atoms with E-state index >= 15 is 0 Å². The molecule has 0 aliphatic carbocycles. The molecular weight excluding hydrogens is 163 g/mol. The van der Waals surface area contributed by atoms with Gasteiger partial charge in [-0.1, -0.05) is 6.92 Å². The third-order valence-corrected chi connectivity index (χ3v) is 1.86. The lowest BCUT2D eigenvalue weighted by Gasteiger charge is -2.04. The number of carbonyl (C=O) groups is 1. The fraction of sp³-hybridized carbons (Fsp3) is 0.750. The molecule has 0 spiro atoms. The number of halogens is 3. The third kappa shape index (κ3) is 3.49. The minimum absolute atomic E-state index is 0.641. The third-order valence-electron chi connectivity index (χ3n) is 0.793. The minimum Gasteiger partial charge on any atom is -0.380 e. The van der Waals surface area contributed by atoms with Gasteiger partial charge in [0.25, 0.3) is 0 Å². The molecule has 0 aromatic rings. The molecule has 1 amide bonds. The van der Waals surface area contributed by atoms with E-state index in [9.17, 15) is 18.0 Å². The summed E-state index contributed by atoms with van der Waals surface area (Å²) in [4.78, 5) is 11.9. The predicted octanol–water partition coefficient (Wildman–Crippen LogP) is 0.187. The van der Waals surface area contributed by atoms with Crippen molar-refractivity contribution < 1.29 is 18.0 Å². The summed E-state index contributed by atoms with van der Waals surface area (Å²) in [6.07, 6.45) is -4.71. The van der Waals surface area contributed by atoms with Crippen molar-refractivity contribution in [3.63, 3.8) is 0 Å². The van der Waals surface area contributed by atoms with Crippen LogP contribution in [0.1, 0.15) is 6.92 Å². The van der Waals surface area contributed by atoms with E-state index in [1.54, 1.807) is 6.92 Å². The topological polar surface area (TPSA) is 29.1 Å². The normalized spacial score (nSPS) is 12.4. The van der Waals surface area contributed by atoms with Crippen LogP contribution in [0, 0.1) is 0 Å². The average Bonchev–Trinajstić information content (AvgIpc) is 1.80. The molecule has 0 radical (unpaired) electrons. The van der Waals surface area contributed by atoms with Crippen molar-refractivity contribution in [1.29, 1.82) is 0 Å². The van der Waals surface area contributed by atoms with Crippen molar-refractivity contribution in [1.82, 2.24) is 4.98 Å². The van der Waals surface area contributed by atoms with Gasteiger partial charge in [0, 0.05) is 0 Å². The first-order valence-corrected chi connectivity index (χ1v) is 4.54. The number of nitrogens with one attached hydrogen (secondary N) is 1. The molecule has 0 unspecified atom stereocenters. The average molecular weight is 171 g/mol. The van der Waals surface area contributed by atoms with Gasteiger partial charge in [-0.25, -0.2) is 0 Å². The molecule has 0 fully saturated rings. The summed E-state index contributed by atoms with van der Waals surface area (Å²) in [5.74, 6) is -1.80. The lowest BCUT2D eigenvalue weighted by Crippen LogP contribution is -2.38. The first kappa shape index (κ1) is 9.48. The number of hydrogen-bond acceptors (Lipinski definition) is 1. The summed E-state index contributed by atoms with van der Waals surface area (Å²) >= 11 is 0. The molecular formula is C4H8F3NOSi. The van der Waals surface area contributed by atoms with E-state index in [1.807, 2.05) is 4.98 Å². The molecule has 0 heterocycles. The Morgan fingerprint density at radius 2 is 2.10 bits per heavy atom. The van der Waals surface area contributed by atoms with E-state index in [4.69, 9.17) is 0 Å². The molecule has 0 atom stereocenters. The van der Waals surface area contributed by atoms with Crippen molar-refractivity contribution in [3.8, 4) is 0 Å². The quantitative estimate of drug-likeness (QED) is 0.590. The molecule has 0 rings (SSSR count). The fourth-order valence-electron chi connectivity index (χ4n) is 0.339. The Balaban J connectivity index is 3.64. The van der Waals surface area contributed by atoms with Crippen LogP contribution in [0.4, 0.5) is 13.2 Å². The van der Waals surface area contributed by atoms with Crippen LogP contribution >= 0.6 is 0 Å². The maximum absolute atomic E-state index is 11.4. The summed E-state index contributed by atoms with van der Waals surface area (Å²) in [5, 5.41) is 0. The second-order valence-corrected chi connectivity index (χ2v) is 3.61. The maximum atomic E-state index is 11.4. The number of alkyl halides is 3. The van der Waals surface area contributed by atoms with Crippen LogP contribution in [0.3, 0.4) is 0 Å². The van der Waals surface area contributed by atoms with Gasteiger partial charge in [-0.05, 0) is 6.04 Å². The lowest BCUT2D eigenvalue weighted by atomic mass is 10.6. The largest absolute Gasteiger partial charge is 0.470 e. The van der Waals surface area contributed by atoms with Crippen LogP contribution < -0.4 is 4.98 Å². The summed E-state index contributed by atoms with van der Waals surface area (Å²) in [6.45, 7) is 1.74. The Morgan fingerprint density at radius 3 is 2.40 bits per heavy atom. The van der Waals surface area contributed by atoms with E-state index < -0.39 is 21.8 Å². The molecule has 6 heteroatoms. The molecule has 60 valence electrons. The number of carbonyl (C=O) groups excluding carboxylic acids is 1. The Bertz CT molecular complexity index is 124. The highest BCUT2D eigenvalue weighted by Gasteiger charge is 2.37. The maximum Gasteiger partial charge on any atom is 0.470 e. The number of rotatable bonds is 2. The first-order chi connectivity index (χ1) is 4.48. The smallest absolute Gasteiger partial charge is 0.380 e. The van der Waals surface area contributed by atoms with Crippen LogP contribution in [0.25, 0.3) is 0 Å². The second-order valence-electron chi connectivity index (χ2n) is 1.75. The van der Waals surface area contributed by atoms with Crippen molar-refractivity contribution in [3.05, 3.63) is 0 Å². The van der Waals surface area contributed by atoms with Gasteiger partial charge in [-0.3, -0.25) is 4.79 Å². The lowest BCUT2D eigenvalue weighted by molar-refractivity contribution is -0.171. The second kappa shape index (κ2) is 3.60. The van der Waals surface area contributed by atoms with Crippen LogP contribution in [-0.4, -0.2) is 21.8 Å². The van der Waals surface area contributed by atoms with Crippen LogP contribution in [0.5, 0.6) is 0 Å². The zero-order valence-electron chi connectivity index (χ0n) is 5.46. The van der Waals surface area contributed by atoms with E-state index in [1.165, 1.54) is 0 Å². The van der Waals surface area contributed by atoms with Gasteiger partial charge in [-0.15, -0.1) is 0 Å². The summed E-state index contributed by atoms with van der Waals surface area (Å²) in [5.41, 5.74) is 0. The number of hydrogen-bond donors (Lipinski definition) is 1. The molecule has 0 bridgehead atoms. The summed E-state index contributed by atoms with van der Waals surface area (Å²) in [7, 11) is -1.03. The predicted molar refractivity (Wildman–Crippen MR) is 33.2 cm³/mol. The fourth-order valence-corrected chi connectivity index (χ4v) is 1.02. The first-order valence-electron chi connectivity index (χ1n) is 2.83. The number of amides is 1. The van der Waals surface area contributed by atoms with Gasteiger partial charge in [0.2, 0.25) is 0 Å². The Kier molecular flexibility index (Phi) is 3.41. The van der Waals surface area contributed by atoms with Gasteiger partial charge >= 0.3 is 12.1 Å². The Hall–Kier alpha value is -0.523. The standard InChI is InChI=1S/C4H8F3NOSi/c1-2-10-8-3(9)4(5,6)7/h2,10H2,1H3,(H,8,9). The van der Waals surface area contributed by atoms with Gasteiger partial charge in [0.1, 0.15) is 9.68 Å². The van der Waals surface area contributed by atoms with Crippen molar-refractivity contribution in [2.45, 2.75) is 19.1 Å².